The number of amides is 1. The molecule has 0 radical (unpaired) electrons. The molecule has 4 nitrogen and oxygen atoms in total. The van der Waals surface area contributed by atoms with E-state index in [4.69, 9.17) is 9.47 Å². The van der Waals surface area contributed by atoms with E-state index in [-0.39, 0.29) is 5.91 Å². The molecule has 1 N–H and O–H groups in total. The van der Waals surface area contributed by atoms with Crippen LogP contribution in [0.3, 0.4) is 0 Å². The summed E-state index contributed by atoms with van der Waals surface area (Å²) in [5, 5.41) is 2.76. The highest BCUT2D eigenvalue weighted by molar-refractivity contribution is 6.00. The second kappa shape index (κ2) is 7.97. The van der Waals surface area contributed by atoms with Crippen molar-refractivity contribution in [2.75, 3.05) is 19.0 Å². The van der Waals surface area contributed by atoms with E-state index >= 15 is 0 Å². The molecule has 4 heteroatoms. The Morgan fingerprint density at radius 2 is 2.16 bits per heavy atom. The van der Waals surface area contributed by atoms with Gasteiger partial charge in [0.05, 0.1) is 19.4 Å². The fraction of sp³-hybridized carbons (Fsp3) is 0.267. The van der Waals surface area contributed by atoms with Crippen molar-refractivity contribution in [3.05, 3.63) is 42.5 Å². The predicted molar refractivity (Wildman–Crippen MR) is 76.7 cm³/mol. The quantitative estimate of drug-likeness (QED) is 0.632. The molecule has 0 fully saturated rings. The third-order valence-electron chi connectivity index (χ3n) is 2.30. The lowest BCUT2D eigenvalue weighted by molar-refractivity contribution is -0.111. The zero-order chi connectivity index (χ0) is 14.1. The first-order valence-corrected chi connectivity index (χ1v) is 6.12. The van der Waals surface area contributed by atoms with Gasteiger partial charge in [-0.1, -0.05) is 18.2 Å². The lowest BCUT2D eigenvalue weighted by Crippen LogP contribution is -2.09. The fourth-order valence-electron chi connectivity index (χ4n) is 1.44. The normalized spacial score (nSPS) is 10.9. The number of carbonyl (C=O) groups excluding carboxylic acids is 1. The van der Waals surface area contributed by atoms with Gasteiger partial charge in [-0.3, -0.25) is 4.79 Å². The van der Waals surface area contributed by atoms with Crippen LogP contribution in [0.25, 0.3) is 0 Å². The van der Waals surface area contributed by atoms with E-state index in [1.165, 1.54) is 6.08 Å². The molecule has 0 heterocycles. The van der Waals surface area contributed by atoms with Crippen LogP contribution in [0.4, 0.5) is 5.69 Å². The summed E-state index contributed by atoms with van der Waals surface area (Å²) in [5.41, 5.74) is 0.594. The Balaban J connectivity index is 2.87. The molecule has 0 aromatic heterocycles. The smallest absolute Gasteiger partial charge is 0.248 e. The maximum Gasteiger partial charge on any atom is 0.248 e. The summed E-state index contributed by atoms with van der Waals surface area (Å²) in [6.07, 6.45) is 6.76. The summed E-state index contributed by atoms with van der Waals surface area (Å²) >= 11 is 0. The molecule has 0 unspecified atom stereocenters. The third kappa shape index (κ3) is 4.87. The van der Waals surface area contributed by atoms with Crippen LogP contribution < -0.4 is 14.8 Å². The number of rotatable bonds is 6. The molecule has 0 bridgehead atoms. The average molecular weight is 261 g/mol. The molecule has 0 saturated heterocycles. The number of allylic oxidation sites excluding steroid dienone is 3. The Morgan fingerprint density at radius 3 is 2.79 bits per heavy atom. The summed E-state index contributed by atoms with van der Waals surface area (Å²) in [7, 11) is 1.58. The summed E-state index contributed by atoms with van der Waals surface area (Å²) in [6.45, 7) is 4.31. The molecule has 1 aromatic carbocycles. The predicted octanol–water partition coefficient (Wildman–Crippen LogP) is 3.16. The van der Waals surface area contributed by atoms with Crippen molar-refractivity contribution in [2.45, 2.75) is 13.8 Å². The molecule has 0 saturated carbocycles. The number of anilines is 1. The molecule has 1 rings (SSSR count). The standard InChI is InChI=1S/C15H19NO3/c1-4-6-7-8-15(17)16-13-11-12(18-3)9-10-14(13)19-5-2/h4,6-11H,5H2,1-3H3,(H,16,17)/b6-4+,8-7+. The van der Waals surface area contributed by atoms with Crippen molar-refractivity contribution < 1.29 is 14.3 Å². The Bertz CT molecular complexity index is 478. The Morgan fingerprint density at radius 1 is 1.37 bits per heavy atom. The number of methoxy groups -OCH3 is 1. The van der Waals surface area contributed by atoms with Gasteiger partial charge in [-0.25, -0.2) is 0 Å². The van der Waals surface area contributed by atoms with Crippen LogP contribution in [0.2, 0.25) is 0 Å². The number of carbonyl (C=O) groups is 1. The minimum absolute atomic E-state index is 0.215. The highest BCUT2D eigenvalue weighted by atomic mass is 16.5. The molecule has 102 valence electrons. The molecule has 0 aliphatic rings. The van der Waals surface area contributed by atoms with Gasteiger partial charge in [0.25, 0.3) is 0 Å². The number of nitrogens with one attached hydrogen (secondary N) is 1. The number of hydrogen-bond donors (Lipinski definition) is 1. The van der Waals surface area contributed by atoms with Gasteiger partial charge >= 0.3 is 0 Å². The Kier molecular flexibility index (Phi) is 6.22. The monoisotopic (exact) mass is 261 g/mol. The van der Waals surface area contributed by atoms with Crippen molar-refractivity contribution in [1.82, 2.24) is 0 Å². The topological polar surface area (TPSA) is 47.6 Å². The van der Waals surface area contributed by atoms with Gasteiger partial charge in [0.1, 0.15) is 11.5 Å². The molecule has 1 amide bonds. The van der Waals surface area contributed by atoms with Gasteiger partial charge in [0, 0.05) is 12.1 Å². The van der Waals surface area contributed by atoms with Crippen LogP contribution in [-0.4, -0.2) is 19.6 Å². The molecule has 0 atom stereocenters. The molecule has 0 aliphatic heterocycles. The van der Waals surface area contributed by atoms with E-state index in [9.17, 15) is 4.79 Å². The Labute approximate surface area is 113 Å². The zero-order valence-corrected chi connectivity index (χ0v) is 11.5. The molecule has 1 aromatic rings. The molecule has 19 heavy (non-hydrogen) atoms. The van der Waals surface area contributed by atoms with E-state index in [0.717, 1.165) is 0 Å². The Hall–Kier alpha value is -2.23. The van der Waals surface area contributed by atoms with E-state index in [2.05, 4.69) is 5.32 Å². The maximum absolute atomic E-state index is 11.7. The SMILES string of the molecule is C/C=C/C=C/C(=O)Nc1cc(OC)ccc1OCC. The second-order valence-electron chi connectivity index (χ2n) is 3.67. The van der Waals surface area contributed by atoms with Crippen LogP contribution in [0.1, 0.15) is 13.8 Å². The van der Waals surface area contributed by atoms with Crippen molar-refractivity contribution in [3.8, 4) is 11.5 Å². The van der Waals surface area contributed by atoms with E-state index < -0.39 is 0 Å². The highest BCUT2D eigenvalue weighted by Crippen LogP contribution is 2.29. The van der Waals surface area contributed by atoms with Crippen LogP contribution in [0.5, 0.6) is 11.5 Å². The van der Waals surface area contributed by atoms with E-state index in [1.54, 1.807) is 37.5 Å². The third-order valence-corrected chi connectivity index (χ3v) is 2.30. The number of hydrogen-bond acceptors (Lipinski definition) is 3. The summed E-state index contributed by atoms with van der Waals surface area (Å²) in [5.74, 6) is 1.07. The minimum atomic E-state index is -0.215. The number of benzene rings is 1. The second-order valence-corrected chi connectivity index (χ2v) is 3.67. The molecule has 0 spiro atoms. The highest BCUT2D eigenvalue weighted by Gasteiger charge is 2.07. The summed E-state index contributed by atoms with van der Waals surface area (Å²) in [6, 6.07) is 5.29. The van der Waals surface area contributed by atoms with Crippen LogP contribution in [-0.2, 0) is 4.79 Å². The summed E-state index contributed by atoms with van der Waals surface area (Å²) in [4.78, 5) is 11.7. The molecule has 0 aliphatic carbocycles. The van der Waals surface area contributed by atoms with Gasteiger partial charge < -0.3 is 14.8 Å². The van der Waals surface area contributed by atoms with Crippen LogP contribution in [0.15, 0.2) is 42.5 Å². The fourth-order valence-corrected chi connectivity index (χ4v) is 1.44. The minimum Gasteiger partial charge on any atom is -0.497 e. The molecular formula is C15H19NO3. The van der Waals surface area contributed by atoms with Crippen molar-refractivity contribution in [1.29, 1.82) is 0 Å². The van der Waals surface area contributed by atoms with Crippen LogP contribution in [0, 0.1) is 0 Å². The molecular weight excluding hydrogens is 242 g/mol. The van der Waals surface area contributed by atoms with Gasteiger partial charge in [0.2, 0.25) is 5.91 Å². The van der Waals surface area contributed by atoms with Gasteiger partial charge in [-0.2, -0.15) is 0 Å². The first kappa shape index (κ1) is 14.8. The first-order chi connectivity index (χ1) is 9.21. The van der Waals surface area contributed by atoms with Gasteiger partial charge in [-0.15, -0.1) is 0 Å². The van der Waals surface area contributed by atoms with Crippen molar-refractivity contribution >= 4 is 11.6 Å². The first-order valence-electron chi connectivity index (χ1n) is 6.12. The zero-order valence-electron chi connectivity index (χ0n) is 11.5. The van der Waals surface area contributed by atoms with E-state index in [1.807, 2.05) is 19.9 Å². The lowest BCUT2D eigenvalue weighted by atomic mass is 10.2. The average Bonchev–Trinajstić information content (AvgIpc) is 2.41. The van der Waals surface area contributed by atoms with Crippen molar-refractivity contribution in [2.24, 2.45) is 0 Å². The van der Waals surface area contributed by atoms with Crippen molar-refractivity contribution in [3.63, 3.8) is 0 Å². The van der Waals surface area contributed by atoms with Gasteiger partial charge in [-0.05, 0) is 26.0 Å². The number of ether oxygens (including phenoxy) is 2. The largest absolute Gasteiger partial charge is 0.497 e. The van der Waals surface area contributed by atoms with Crippen LogP contribution >= 0.6 is 0 Å². The lowest BCUT2D eigenvalue weighted by Gasteiger charge is -2.11. The van der Waals surface area contributed by atoms with Gasteiger partial charge in [0.15, 0.2) is 0 Å². The van der Waals surface area contributed by atoms with E-state index in [0.29, 0.717) is 23.8 Å². The summed E-state index contributed by atoms with van der Waals surface area (Å²) < 4.78 is 10.6. The maximum atomic E-state index is 11.7.